The molecule has 0 unspecified atom stereocenters. The second-order valence-corrected chi connectivity index (χ2v) is 5.81. The predicted molar refractivity (Wildman–Crippen MR) is 87.4 cm³/mol. The summed E-state index contributed by atoms with van der Waals surface area (Å²) in [4.78, 5) is 12.2. The van der Waals surface area contributed by atoms with Gasteiger partial charge in [0, 0.05) is 11.3 Å². The third-order valence-electron chi connectivity index (χ3n) is 3.98. The van der Waals surface area contributed by atoms with Crippen molar-refractivity contribution in [3.8, 4) is 5.69 Å². The van der Waals surface area contributed by atoms with Gasteiger partial charge in [-0.15, -0.1) is 0 Å². The number of hydrogen-bond acceptors (Lipinski definition) is 4. The largest absolute Gasteiger partial charge is 0.394 e. The first-order valence-corrected chi connectivity index (χ1v) is 7.72. The van der Waals surface area contributed by atoms with Gasteiger partial charge >= 0.3 is 0 Å². The molecule has 2 aromatic rings. The number of benzene rings is 1. The number of aromatic nitrogens is 2. The molecule has 1 aromatic heterocycles. The molecule has 3 N–H and O–H groups in total. The van der Waals surface area contributed by atoms with E-state index in [1.54, 1.807) is 23.7 Å². The van der Waals surface area contributed by atoms with Crippen LogP contribution in [-0.2, 0) is 11.2 Å². The molecule has 0 saturated heterocycles. The summed E-state index contributed by atoms with van der Waals surface area (Å²) >= 11 is 0. The fourth-order valence-corrected chi connectivity index (χ4v) is 2.50. The molecule has 0 bridgehead atoms. The van der Waals surface area contributed by atoms with Gasteiger partial charge in [-0.3, -0.25) is 4.79 Å². The minimum absolute atomic E-state index is 0.0854. The zero-order valence-corrected chi connectivity index (χ0v) is 14.0. The maximum atomic E-state index is 13.1. The molecule has 0 aliphatic heterocycles. The summed E-state index contributed by atoms with van der Waals surface area (Å²) in [6.45, 7) is 4.80. The molecule has 1 heterocycles. The lowest BCUT2D eigenvalue weighted by Crippen LogP contribution is -2.45. The second-order valence-electron chi connectivity index (χ2n) is 5.81. The van der Waals surface area contributed by atoms with Crippen LogP contribution in [-0.4, -0.2) is 44.7 Å². The lowest BCUT2D eigenvalue weighted by atomic mass is 10.1. The highest BCUT2D eigenvalue weighted by Crippen LogP contribution is 2.19. The number of nitrogens with zero attached hydrogens (tertiary/aromatic N) is 2. The highest BCUT2D eigenvalue weighted by Gasteiger charge is 2.20. The van der Waals surface area contributed by atoms with Crippen molar-refractivity contribution >= 4 is 5.91 Å². The fraction of sp³-hybridized carbons (Fsp3) is 0.412. The molecule has 1 amide bonds. The van der Waals surface area contributed by atoms with Gasteiger partial charge in [0.05, 0.1) is 36.6 Å². The molecule has 24 heavy (non-hydrogen) atoms. The lowest BCUT2D eigenvalue weighted by Gasteiger charge is -2.19. The standard InChI is InChI=1S/C17H22FN3O3/c1-10-15(8-17(24)19-16(9-22)12(3)23)11(2)21(20-10)14-6-4-13(18)5-7-14/h4-7,12,16,22-23H,8-9H2,1-3H3,(H,19,24)/t12-,16-/m1/s1. The van der Waals surface area contributed by atoms with Gasteiger partial charge < -0.3 is 15.5 Å². The Morgan fingerprint density at radius 3 is 2.50 bits per heavy atom. The summed E-state index contributed by atoms with van der Waals surface area (Å²) in [5.41, 5.74) is 2.96. The van der Waals surface area contributed by atoms with Crippen LogP contribution in [0.4, 0.5) is 4.39 Å². The molecule has 0 radical (unpaired) electrons. The van der Waals surface area contributed by atoms with Gasteiger partial charge in [0.25, 0.3) is 0 Å². The lowest BCUT2D eigenvalue weighted by molar-refractivity contribution is -0.122. The van der Waals surface area contributed by atoms with E-state index in [2.05, 4.69) is 10.4 Å². The van der Waals surface area contributed by atoms with E-state index in [9.17, 15) is 19.4 Å². The predicted octanol–water partition coefficient (Wildman–Crippen LogP) is 1.03. The third kappa shape index (κ3) is 3.98. The molecule has 0 saturated carbocycles. The number of carbonyl (C=O) groups is 1. The Morgan fingerprint density at radius 1 is 1.33 bits per heavy atom. The molecule has 0 aliphatic rings. The van der Waals surface area contributed by atoms with Crippen LogP contribution >= 0.6 is 0 Å². The number of aliphatic hydroxyl groups excluding tert-OH is 2. The van der Waals surface area contributed by atoms with Crippen molar-refractivity contribution in [1.82, 2.24) is 15.1 Å². The molecular weight excluding hydrogens is 313 g/mol. The average Bonchev–Trinajstić information content (AvgIpc) is 2.81. The van der Waals surface area contributed by atoms with Crippen molar-refractivity contribution < 1.29 is 19.4 Å². The van der Waals surface area contributed by atoms with Crippen molar-refractivity contribution in [2.24, 2.45) is 0 Å². The van der Waals surface area contributed by atoms with Gasteiger partial charge in [-0.1, -0.05) is 0 Å². The summed E-state index contributed by atoms with van der Waals surface area (Å²) < 4.78 is 14.7. The van der Waals surface area contributed by atoms with E-state index in [-0.39, 0.29) is 24.8 Å². The number of aryl methyl sites for hydroxylation is 1. The number of aliphatic hydroxyl groups is 2. The van der Waals surface area contributed by atoms with Crippen molar-refractivity contribution in [2.45, 2.75) is 39.3 Å². The molecule has 0 spiro atoms. The monoisotopic (exact) mass is 335 g/mol. The van der Waals surface area contributed by atoms with Crippen LogP contribution in [0.15, 0.2) is 24.3 Å². The van der Waals surface area contributed by atoms with Crippen LogP contribution in [0.3, 0.4) is 0 Å². The number of rotatable bonds is 6. The van der Waals surface area contributed by atoms with Crippen LogP contribution in [0.2, 0.25) is 0 Å². The number of hydrogen-bond donors (Lipinski definition) is 3. The third-order valence-corrected chi connectivity index (χ3v) is 3.98. The molecule has 6 nitrogen and oxygen atoms in total. The Bertz CT molecular complexity index is 711. The minimum Gasteiger partial charge on any atom is -0.394 e. The van der Waals surface area contributed by atoms with E-state index < -0.39 is 12.1 Å². The SMILES string of the molecule is Cc1nn(-c2ccc(F)cc2)c(C)c1CC(=O)N[C@H](CO)[C@@H](C)O. The smallest absolute Gasteiger partial charge is 0.224 e. The van der Waals surface area contributed by atoms with Gasteiger partial charge in [-0.2, -0.15) is 5.10 Å². The summed E-state index contributed by atoms with van der Waals surface area (Å²) in [5.74, 6) is -0.632. The fourth-order valence-electron chi connectivity index (χ4n) is 2.50. The number of halogens is 1. The highest BCUT2D eigenvalue weighted by molar-refractivity contribution is 5.79. The number of nitrogens with one attached hydrogen (secondary N) is 1. The van der Waals surface area contributed by atoms with Crippen LogP contribution in [0.25, 0.3) is 5.69 Å². The maximum Gasteiger partial charge on any atom is 0.224 e. The Balaban J connectivity index is 2.20. The molecule has 0 fully saturated rings. The van der Waals surface area contributed by atoms with Gasteiger partial charge in [0.1, 0.15) is 5.82 Å². The van der Waals surface area contributed by atoms with E-state index in [0.29, 0.717) is 11.4 Å². The Labute approximate surface area is 139 Å². The van der Waals surface area contributed by atoms with Crippen molar-refractivity contribution in [3.63, 3.8) is 0 Å². The van der Waals surface area contributed by atoms with Crippen LogP contribution in [0.5, 0.6) is 0 Å². The first kappa shape index (κ1) is 18.1. The minimum atomic E-state index is -0.844. The molecular formula is C17H22FN3O3. The topological polar surface area (TPSA) is 87.4 Å². The number of carbonyl (C=O) groups excluding carboxylic acids is 1. The summed E-state index contributed by atoms with van der Waals surface area (Å²) in [7, 11) is 0. The molecule has 7 heteroatoms. The van der Waals surface area contributed by atoms with E-state index in [0.717, 1.165) is 11.3 Å². The molecule has 130 valence electrons. The second kappa shape index (κ2) is 7.55. The van der Waals surface area contributed by atoms with E-state index in [4.69, 9.17) is 0 Å². The summed E-state index contributed by atoms with van der Waals surface area (Å²) in [6.07, 6.45) is -0.759. The highest BCUT2D eigenvalue weighted by atomic mass is 19.1. The Morgan fingerprint density at radius 2 is 1.96 bits per heavy atom. The molecule has 2 rings (SSSR count). The Hall–Kier alpha value is -2.25. The van der Waals surface area contributed by atoms with E-state index in [1.807, 2.05) is 6.92 Å². The van der Waals surface area contributed by atoms with Crippen LogP contribution in [0, 0.1) is 19.7 Å². The summed E-state index contributed by atoms with van der Waals surface area (Å²) in [5, 5.41) is 25.7. The van der Waals surface area contributed by atoms with Crippen LogP contribution < -0.4 is 5.32 Å². The zero-order chi connectivity index (χ0) is 17.9. The van der Waals surface area contributed by atoms with Gasteiger partial charge in [0.2, 0.25) is 5.91 Å². The van der Waals surface area contributed by atoms with Crippen molar-refractivity contribution in [2.75, 3.05) is 6.61 Å². The maximum absolute atomic E-state index is 13.1. The number of amides is 1. The Kier molecular flexibility index (Phi) is 5.69. The quantitative estimate of drug-likeness (QED) is 0.736. The van der Waals surface area contributed by atoms with Gasteiger partial charge in [0.15, 0.2) is 0 Å². The normalized spacial score (nSPS) is 13.6. The van der Waals surface area contributed by atoms with Gasteiger partial charge in [-0.25, -0.2) is 9.07 Å². The van der Waals surface area contributed by atoms with Gasteiger partial charge in [-0.05, 0) is 45.0 Å². The molecule has 0 aliphatic carbocycles. The first-order chi connectivity index (χ1) is 11.3. The van der Waals surface area contributed by atoms with E-state index in [1.165, 1.54) is 19.1 Å². The zero-order valence-electron chi connectivity index (χ0n) is 14.0. The molecule has 2 atom stereocenters. The summed E-state index contributed by atoms with van der Waals surface area (Å²) in [6, 6.07) is 5.24. The van der Waals surface area contributed by atoms with E-state index >= 15 is 0 Å². The van der Waals surface area contributed by atoms with Crippen LogP contribution in [0.1, 0.15) is 23.9 Å². The van der Waals surface area contributed by atoms with Crippen molar-refractivity contribution in [3.05, 3.63) is 47.0 Å². The molecule has 1 aromatic carbocycles. The average molecular weight is 335 g/mol. The first-order valence-electron chi connectivity index (χ1n) is 7.72. The van der Waals surface area contributed by atoms with Crippen molar-refractivity contribution in [1.29, 1.82) is 0 Å².